The minimum atomic E-state index is -0.763. The minimum absolute atomic E-state index is 0.0333. The topological polar surface area (TPSA) is 154 Å². The maximum atomic E-state index is 13.5. The monoisotopic (exact) mass is 557 g/mol. The highest BCUT2D eigenvalue weighted by Crippen LogP contribution is 2.22. The van der Waals surface area contributed by atoms with Crippen molar-refractivity contribution >= 4 is 46.3 Å². The molecule has 0 spiro atoms. The largest absolute Gasteiger partial charge is 0.469 e. The number of amides is 2. The summed E-state index contributed by atoms with van der Waals surface area (Å²) >= 11 is 0. The van der Waals surface area contributed by atoms with Gasteiger partial charge in [-0.2, -0.15) is 4.99 Å². The summed E-state index contributed by atoms with van der Waals surface area (Å²) in [6, 6.07) is 16.1. The molecule has 0 unspecified atom stereocenters. The number of nitrogens with two attached hydrogens (primary N) is 1. The zero-order valence-corrected chi connectivity index (χ0v) is 23.2. The highest BCUT2D eigenvalue weighted by molar-refractivity contribution is 6.07. The lowest BCUT2D eigenvalue weighted by atomic mass is 10.1. The number of nitrogens with zero attached hydrogens (tertiary/aromatic N) is 5. The number of carbonyl (C=O) groups is 3. The molecule has 3 N–H and O–H groups in total. The van der Waals surface area contributed by atoms with E-state index in [0.717, 1.165) is 22.6 Å². The molecule has 2 aromatic carbocycles. The van der Waals surface area contributed by atoms with Crippen LogP contribution in [0.15, 0.2) is 65.8 Å². The van der Waals surface area contributed by atoms with E-state index in [0.29, 0.717) is 29.0 Å². The van der Waals surface area contributed by atoms with Gasteiger partial charge in [0.25, 0.3) is 5.91 Å². The van der Waals surface area contributed by atoms with E-state index >= 15 is 0 Å². The Labute approximate surface area is 236 Å². The van der Waals surface area contributed by atoms with Crippen LogP contribution in [0.4, 0.5) is 16.3 Å². The Bertz CT molecular complexity index is 1610. The average Bonchev–Trinajstić information content (AvgIpc) is 3.30. The number of benzene rings is 2. The molecule has 12 nitrogen and oxygen atoms in total. The number of ether oxygens (including phenoxy) is 2. The van der Waals surface area contributed by atoms with Crippen molar-refractivity contribution in [3.05, 3.63) is 83.3 Å². The first-order valence-corrected chi connectivity index (χ1v) is 12.7. The van der Waals surface area contributed by atoms with Crippen LogP contribution in [0.1, 0.15) is 33.7 Å². The number of aryl methyl sites for hydroxylation is 2. The molecule has 12 heteroatoms. The molecule has 0 aliphatic carbocycles. The fourth-order valence-electron chi connectivity index (χ4n) is 4.28. The van der Waals surface area contributed by atoms with Gasteiger partial charge < -0.3 is 25.1 Å². The number of pyridine rings is 1. The minimum Gasteiger partial charge on any atom is -0.469 e. The van der Waals surface area contributed by atoms with Crippen molar-refractivity contribution in [1.82, 2.24) is 14.5 Å². The lowest BCUT2D eigenvalue weighted by Gasteiger charge is -2.21. The highest BCUT2D eigenvalue weighted by atomic mass is 16.5. The van der Waals surface area contributed by atoms with Crippen LogP contribution >= 0.6 is 0 Å². The number of aliphatic imine (C=N–C) groups is 1. The zero-order valence-electron chi connectivity index (χ0n) is 23.2. The smallest absolute Gasteiger partial charge is 0.435 e. The molecule has 0 saturated heterocycles. The summed E-state index contributed by atoms with van der Waals surface area (Å²) in [4.78, 5) is 50.9. The Hall–Kier alpha value is -5.26. The third kappa shape index (κ3) is 6.67. The Kier molecular flexibility index (Phi) is 8.92. The molecule has 0 fully saturated rings. The number of nitrogens with one attached hydrogen (secondary N) is 1. The number of carbonyl (C=O) groups excluding carboxylic acids is 3. The number of esters is 1. The Morgan fingerprint density at radius 3 is 2.56 bits per heavy atom. The predicted molar refractivity (Wildman–Crippen MR) is 155 cm³/mol. The number of rotatable bonds is 9. The van der Waals surface area contributed by atoms with Crippen molar-refractivity contribution in [2.75, 3.05) is 31.0 Å². The molecule has 4 aromatic rings. The Morgan fingerprint density at radius 2 is 1.88 bits per heavy atom. The van der Waals surface area contributed by atoms with E-state index in [9.17, 15) is 14.4 Å². The van der Waals surface area contributed by atoms with Crippen LogP contribution in [0.2, 0.25) is 0 Å². The summed E-state index contributed by atoms with van der Waals surface area (Å²) in [5, 5.41) is 3.35. The quantitative estimate of drug-likeness (QED) is 0.179. The molecular weight excluding hydrogens is 526 g/mol. The normalized spacial score (nSPS) is 11.3. The first-order valence-electron chi connectivity index (χ1n) is 12.7. The number of anilines is 2. The summed E-state index contributed by atoms with van der Waals surface area (Å²) in [5.41, 5.74) is 10.2. The lowest BCUT2D eigenvalue weighted by molar-refractivity contribution is -0.140. The molecule has 2 amide bonds. The lowest BCUT2D eigenvalue weighted by Crippen LogP contribution is -2.33. The van der Waals surface area contributed by atoms with Crippen LogP contribution in [0, 0.1) is 6.92 Å². The summed E-state index contributed by atoms with van der Waals surface area (Å²) < 4.78 is 11.2. The standard InChI is InChI=1S/C29H31N7O5/c1-18-15-20(9-10-21(18)27(30)34-29(39)41-4)32-17-25-33-22-16-19(8-11-23(22)35(25)2)28(38)36(14-12-26(37)40-3)24-7-5-6-13-31-24/h5-11,13,15-16,32H,12,14,17H2,1-4H3,(H2,30,34,39). The van der Waals surface area contributed by atoms with Crippen molar-refractivity contribution in [2.45, 2.75) is 19.9 Å². The van der Waals surface area contributed by atoms with Gasteiger partial charge >= 0.3 is 12.1 Å². The molecule has 2 heterocycles. The number of fused-ring (bicyclic) bond motifs is 1. The van der Waals surface area contributed by atoms with Crippen molar-refractivity contribution in [3.63, 3.8) is 0 Å². The molecule has 0 saturated carbocycles. The number of aromatic nitrogens is 3. The van der Waals surface area contributed by atoms with Gasteiger partial charge in [0.2, 0.25) is 0 Å². The van der Waals surface area contributed by atoms with Gasteiger partial charge in [-0.15, -0.1) is 0 Å². The fourth-order valence-corrected chi connectivity index (χ4v) is 4.28. The second-order valence-electron chi connectivity index (χ2n) is 9.11. The average molecular weight is 558 g/mol. The SMILES string of the molecule is COC(=O)CCN(C(=O)c1ccc2c(c1)nc(CNc1ccc(/C(N)=N\C(=O)OC)c(C)c1)n2C)c1ccccn1. The maximum Gasteiger partial charge on any atom is 0.435 e. The number of methoxy groups -OCH3 is 2. The molecule has 212 valence electrons. The molecular formula is C29H31N7O5. The molecule has 4 rings (SSSR count). The van der Waals surface area contributed by atoms with Crippen LogP contribution in [-0.2, 0) is 27.9 Å². The van der Waals surface area contributed by atoms with Crippen molar-refractivity contribution in [3.8, 4) is 0 Å². The molecule has 2 aromatic heterocycles. The first kappa shape index (κ1) is 28.7. The third-order valence-corrected chi connectivity index (χ3v) is 6.50. The third-order valence-electron chi connectivity index (χ3n) is 6.50. The first-order chi connectivity index (χ1) is 19.7. The second-order valence-corrected chi connectivity index (χ2v) is 9.11. The second kappa shape index (κ2) is 12.7. The highest BCUT2D eigenvalue weighted by Gasteiger charge is 2.21. The molecule has 0 radical (unpaired) electrons. The van der Waals surface area contributed by atoms with E-state index in [1.54, 1.807) is 42.6 Å². The number of hydrogen-bond acceptors (Lipinski definition) is 8. The number of hydrogen-bond donors (Lipinski definition) is 2. The fraction of sp³-hybridized carbons (Fsp3) is 0.241. The molecule has 0 aliphatic heterocycles. The van der Waals surface area contributed by atoms with Crippen molar-refractivity contribution in [2.24, 2.45) is 17.8 Å². The maximum absolute atomic E-state index is 13.5. The summed E-state index contributed by atoms with van der Waals surface area (Å²) in [7, 11) is 4.46. The van der Waals surface area contributed by atoms with E-state index in [1.165, 1.54) is 19.1 Å². The summed E-state index contributed by atoms with van der Waals surface area (Å²) in [5.74, 6) is 0.551. The van der Waals surface area contributed by atoms with E-state index < -0.39 is 12.1 Å². The Morgan fingerprint density at radius 1 is 1.07 bits per heavy atom. The van der Waals surface area contributed by atoms with Gasteiger partial charge in [-0.3, -0.25) is 14.5 Å². The number of imidazole rings is 1. The van der Waals surface area contributed by atoms with E-state index in [-0.39, 0.29) is 24.7 Å². The van der Waals surface area contributed by atoms with Gasteiger partial charge in [-0.1, -0.05) is 6.07 Å². The van der Waals surface area contributed by atoms with Crippen LogP contribution in [-0.4, -0.2) is 59.1 Å². The van der Waals surface area contributed by atoms with Gasteiger partial charge in [0.05, 0.1) is 38.2 Å². The molecule has 0 aliphatic rings. The summed E-state index contributed by atoms with van der Waals surface area (Å²) in [6.07, 6.45) is 0.863. The number of amidine groups is 1. The van der Waals surface area contributed by atoms with E-state index in [1.807, 2.05) is 36.7 Å². The predicted octanol–water partition coefficient (Wildman–Crippen LogP) is 3.57. The van der Waals surface area contributed by atoms with Gasteiger partial charge in [0.15, 0.2) is 0 Å². The zero-order chi connectivity index (χ0) is 29.5. The summed E-state index contributed by atoms with van der Waals surface area (Å²) in [6.45, 7) is 2.40. The van der Waals surface area contributed by atoms with Crippen molar-refractivity contribution in [1.29, 1.82) is 0 Å². The van der Waals surface area contributed by atoms with Gasteiger partial charge in [0, 0.05) is 36.6 Å². The van der Waals surface area contributed by atoms with E-state index in [4.69, 9.17) is 15.5 Å². The molecule has 0 atom stereocenters. The van der Waals surface area contributed by atoms with E-state index in [2.05, 4.69) is 20.0 Å². The van der Waals surface area contributed by atoms with Crippen molar-refractivity contribution < 1.29 is 23.9 Å². The van der Waals surface area contributed by atoms with Gasteiger partial charge in [-0.05, 0) is 61.0 Å². The molecule has 0 bridgehead atoms. The van der Waals surface area contributed by atoms with Gasteiger partial charge in [-0.25, -0.2) is 14.8 Å². The van der Waals surface area contributed by atoms with Crippen LogP contribution < -0.4 is 16.0 Å². The van der Waals surface area contributed by atoms with Gasteiger partial charge in [0.1, 0.15) is 17.5 Å². The van der Waals surface area contributed by atoms with Crippen LogP contribution in [0.25, 0.3) is 11.0 Å². The molecule has 41 heavy (non-hydrogen) atoms. The van der Waals surface area contributed by atoms with Crippen LogP contribution in [0.5, 0.6) is 0 Å². The Balaban J connectivity index is 1.53. The van der Waals surface area contributed by atoms with Crippen LogP contribution in [0.3, 0.4) is 0 Å².